The Kier molecular flexibility index (Phi) is 3.09. The van der Waals surface area contributed by atoms with Crippen molar-refractivity contribution in [2.75, 3.05) is 13.1 Å². The molecule has 2 heteroatoms. The molecule has 0 amide bonds. The fourth-order valence-electron chi connectivity index (χ4n) is 2.94. The third-order valence-corrected chi connectivity index (χ3v) is 4.15. The summed E-state index contributed by atoms with van der Waals surface area (Å²) in [5.74, 6) is 0.968. The predicted octanol–water partition coefficient (Wildman–Crippen LogP) is 2.25. The van der Waals surface area contributed by atoms with Gasteiger partial charge in [0.15, 0.2) is 0 Å². The molecule has 2 aliphatic rings. The lowest BCUT2D eigenvalue weighted by Gasteiger charge is -2.36. The van der Waals surface area contributed by atoms with Gasteiger partial charge in [-0.25, -0.2) is 0 Å². The maximum atomic E-state index is 3.66. The van der Waals surface area contributed by atoms with E-state index in [-0.39, 0.29) is 0 Å². The van der Waals surface area contributed by atoms with Crippen LogP contribution in [-0.2, 0) is 0 Å². The maximum absolute atomic E-state index is 3.66. The highest BCUT2D eigenvalue weighted by Gasteiger charge is 2.44. The molecule has 0 aromatic carbocycles. The summed E-state index contributed by atoms with van der Waals surface area (Å²) in [5.41, 5.74) is 0.452. The van der Waals surface area contributed by atoms with E-state index < -0.39 is 0 Å². The quantitative estimate of drug-likeness (QED) is 0.765. The van der Waals surface area contributed by atoms with Gasteiger partial charge >= 0.3 is 0 Å². The zero-order valence-corrected chi connectivity index (χ0v) is 10.7. The molecule has 1 atom stereocenters. The van der Waals surface area contributed by atoms with Gasteiger partial charge in [-0.05, 0) is 39.0 Å². The van der Waals surface area contributed by atoms with Crippen LogP contribution < -0.4 is 5.32 Å². The van der Waals surface area contributed by atoms with E-state index in [2.05, 4.69) is 37.9 Å². The first-order chi connectivity index (χ1) is 7.00. The first-order valence-corrected chi connectivity index (χ1v) is 6.51. The standard InChI is InChI=1S/C13H26N2/c1-10(2)14-12-7-8-15(9-12)13(3,4)11-5-6-11/h10-12,14H,5-9H2,1-4H3. The monoisotopic (exact) mass is 210 g/mol. The van der Waals surface area contributed by atoms with Crippen LogP contribution in [0, 0.1) is 5.92 Å². The van der Waals surface area contributed by atoms with E-state index in [0.717, 1.165) is 12.0 Å². The van der Waals surface area contributed by atoms with Gasteiger partial charge in [-0.2, -0.15) is 0 Å². The fourth-order valence-corrected chi connectivity index (χ4v) is 2.94. The largest absolute Gasteiger partial charge is 0.310 e. The molecule has 2 nitrogen and oxygen atoms in total. The molecule has 0 radical (unpaired) electrons. The summed E-state index contributed by atoms with van der Waals surface area (Å²) in [4.78, 5) is 2.70. The Bertz CT molecular complexity index is 219. The minimum absolute atomic E-state index is 0.452. The number of hydrogen-bond donors (Lipinski definition) is 1. The summed E-state index contributed by atoms with van der Waals surface area (Å²) in [6.07, 6.45) is 4.23. The van der Waals surface area contributed by atoms with Gasteiger partial charge in [0.1, 0.15) is 0 Å². The minimum Gasteiger partial charge on any atom is -0.310 e. The topological polar surface area (TPSA) is 15.3 Å². The zero-order chi connectivity index (χ0) is 11.1. The molecule has 1 saturated heterocycles. The van der Waals surface area contributed by atoms with Crippen molar-refractivity contribution >= 4 is 0 Å². The Balaban J connectivity index is 1.86. The van der Waals surface area contributed by atoms with Crippen LogP contribution >= 0.6 is 0 Å². The molecule has 0 spiro atoms. The smallest absolute Gasteiger partial charge is 0.0209 e. The highest BCUT2D eigenvalue weighted by molar-refractivity contribution is 4.99. The number of nitrogens with zero attached hydrogens (tertiary/aromatic N) is 1. The van der Waals surface area contributed by atoms with Crippen molar-refractivity contribution in [2.24, 2.45) is 5.92 Å². The summed E-state index contributed by atoms with van der Waals surface area (Å²) >= 11 is 0. The van der Waals surface area contributed by atoms with E-state index >= 15 is 0 Å². The molecule has 1 aliphatic carbocycles. The molecule has 0 aromatic heterocycles. The molecular weight excluding hydrogens is 184 g/mol. The third kappa shape index (κ3) is 2.54. The average Bonchev–Trinajstić information content (AvgIpc) is 2.88. The van der Waals surface area contributed by atoms with Gasteiger partial charge in [0, 0.05) is 30.7 Å². The first kappa shape index (κ1) is 11.4. The van der Waals surface area contributed by atoms with Crippen molar-refractivity contribution < 1.29 is 0 Å². The summed E-state index contributed by atoms with van der Waals surface area (Å²) in [6, 6.07) is 1.35. The molecule has 0 aromatic rings. The van der Waals surface area contributed by atoms with Gasteiger partial charge in [0.05, 0.1) is 0 Å². The van der Waals surface area contributed by atoms with Gasteiger partial charge < -0.3 is 5.32 Å². The molecule has 15 heavy (non-hydrogen) atoms. The molecule has 1 unspecified atom stereocenters. The van der Waals surface area contributed by atoms with Crippen molar-refractivity contribution in [3.05, 3.63) is 0 Å². The Morgan fingerprint density at radius 2 is 1.87 bits per heavy atom. The van der Waals surface area contributed by atoms with E-state index in [0.29, 0.717) is 11.6 Å². The third-order valence-electron chi connectivity index (χ3n) is 4.15. The van der Waals surface area contributed by atoms with E-state index in [9.17, 15) is 0 Å². The SMILES string of the molecule is CC(C)NC1CCN(C(C)(C)C2CC2)C1. The average molecular weight is 210 g/mol. The first-order valence-electron chi connectivity index (χ1n) is 6.51. The lowest BCUT2D eigenvalue weighted by molar-refractivity contribution is 0.126. The van der Waals surface area contributed by atoms with Gasteiger partial charge in [0.25, 0.3) is 0 Å². The van der Waals surface area contributed by atoms with Crippen LogP contribution in [-0.4, -0.2) is 35.6 Å². The minimum atomic E-state index is 0.452. The van der Waals surface area contributed by atoms with E-state index in [1.54, 1.807) is 0 Å². The van der Waals surface area contributed by atoms with Crippen molar-refractivity contribution in [1.82, 2.24) is 10.2 Å². The second kappa shape index (κ2) is 4.06. The number of likely N-dealkylation sites (tertiary alicyclic amines) is 1. The molecule has 1 aliphatic heterocycles. The van der Waals surface area contributed by atoms with Crippen LogP contribution in [0.3, 0.4) is 0 Å². The second-order valence-corrected chi connectivity index (χ2v) is 6.18. The number of rotatable bonds is 4. The molecule has 0 bridgehead atoms. The molecule has 1 saturated carbocycles. The van der Waals surface area contributed by atoms with Crippen LogP contribution in [0.2, 0.25) is 0 Å². The van der Waals surface area contributed by atoms with Crippen molar-refractivity contribution in [3.8, 4) is 0 Å². The van der Waals surface area contributed by atoms with Crippen LogP contribution in [0.15, 0.2) is 0 Å². The zero-order valence-electron chi connectivity index (χ0n) is 10.7. The summed E-state index contributed by atoms with van der Waals surface area (Å²) in [6.45, 7) is 11.9. The van der Waals surface area contributed by atoms with Crippen molar-refractivity contribution in [2.45, 2.75) is 64.6 Å². The Morgan fingerprint density at radius 3 is 2.40 bits per heavy atom. The van der Waals surface area contributed by atoms with Crippen LogP contribution in [0.25, 0.3) is 0 Å². The van der Waals surface area contributed by atoms with Crippen LogP contribution in [0.5, 0.6) is 0 Å². The van der Waals surface area contributed by atoms with Crippen LogP contribution in [0.1, 0.15) is 47.0 Å². The van der Waals surface area contributed by atoms with Crippen molar-refractivity contribution in [3.63, 3.8) is 0 Å². The van der Waals surface area contributed by atoms with E-state index in [1.807, 2.05) is 0 Å². The Hall–Kier alpha value is -0.0800. The van der Waals surface area contributed by atoms with E-state index in [4.69, 9.17) is 0 Å². The fraction of sp³-hybridized carbons (Fsp3) is 1.00. The molecule has 2 rings (SSSR count). The molecule has 1 N–H and O–H groups in total. The van der Waals surface area contributed by atoms with Gasteiger partial charge in [-0.3, -0.25) is 4.90 Å². The Labute approximate surface area is 94.4 Å². The van der Waals surface area contributed by atoms with Crippen LogP contribution in [0.4, 0.5) is 0 Å². The van der Waals surface area contributed by atoms with Gasteiger partial charge in [-0.1, -0.05) is 13.8 Å². The lowest BCUT2D eigenvalue weighted by Crippen LogP contribution is -2.46. The number of hydrogen-bond acceptors (Lipinski definition) is 2. The number of nitrogens with one attached hydrogen (secondary N) is 1. The molecular formula is C13H26N2. The predicted molar refractivity (Wildman–Crippen MR) is 65.1 cm³/mol. The van der Waals surface area contributed by atoms with E-state index in [1.165, 1.54) is 32.4 Å². The molecule has 2 fully saturated rings. The normalized spacial score (nSPS) is 29.0. The lowest BCUT2D eigenvalue weighted by atomic mass is 9.97. The van der Waals surface area contributed by atoms with Gasteiger partial charge in [0.2, 0.25) is 0 Å². The second-order valence-electron chi connectivity index (χ2n) is 6.18. The summed E-state index contributed by atoms with van der Waals surface area (Å²) in [7, 11) is 0. The maximum Gasteiger partial charge on any atom is 0.0209 e. The van der Waals surface area contributed by atoms with Crippen molar-refractivity contribution in [1.29, 1.82) is 0 Å². The highest BCUT2D eigenvalue weighted by atomic mass is 15.2. The highest BCUT2D eigenvalue weighted by Crippen LogP contribution is 2.43. The summed E-state index contributed by atoms with van der Waals surface area (Å²) < 4.78 is 0. The molecule has 88 valence electrons. The summed E-state index contributed by atoms with van der Waals surface area (Å²) in [5, 5.41) is 3.66. The molecule has 1 heterocycles. The Morgan fingerprint density at radius 1 is 1.20 bits per heavy atom. The van der Waals surface area contributed by atoms with Gasteiger partial charge in [-0.15, -0.1) is 0 Å².